The van der Waals surface area contributed by atoms with Crippen LogP contribution in [0.25, 0.3) is 61.4 Å². The van der Waals surface area contributed by atoms with E-state index in [1.165, 1.54) is 55.3 Å². The summed E-state index contributed by atoms with van der Waals surface area (Å²) in [5, 5.41) is 2.55. The molecule has 6 aromatic carbocycles. The maximum Gasteiger partial charge on any atom is 0.160 e. The van der Waals surface area contributed by atoms with Crippen molar-refractivity contribution >= 4 is 21.8 Å². The summed E-state index contributed by atoms with van der Waals surface area (Å²) in [7, 11) is 0. The number of aromatic nitrogens is 3. The van der Waals surface area contributed by atoms with Crippen LogP contribution in [-0.4, -0.2) is 14.5 Å². The van der Waals surface area contributed by atoms with E-state index in [1.54, 1.807) is 0 Å². The molecule has 1 aliphatic heterocycles. The van der Waals surface area contributed by atoms with Crippen molar-refractivity contribution in [3.05, 3.63) is 198 Å². The number of allylic oxidation sites excluding steroid dienone is 4. The number of hydrogen-bond acceptors (Lipinski definition) is 2. The average Bonchev–Trinajstić information content (AvgIpc) is 3.57. The molecule has 0 radical (unpaired) electrons. The lowest BCUT2D eigenvalue weighted by molar-refractivity contribution is 0.613. The number of para-hydroxylation sites is 2. The second-order valence-corrected chi connectivity index (χ2v) is 14.5. The number of nitrogens with zero attached hydrogens (tertiary/aromatic N) is 3. The largest absolute Gasteiger partial charge is 0.309 e. The molecule has 0 spiro atoms. The Morgan fingerprint density at radius 1 is 0.642 bits per heavy atom. The van der Waals surface area contributed by atoms with Gasteiger partial charge >= 0.3 is 0 Å². The van der Waals surface area contributed by atoms with Crippen LogP contribution in [0.1, 0.15) is 42.0 Å². The maximum atomic E-state index is 5.29. The van der Waals surface area contributed by atoms with E-state index in [-0.39, 0.29) is 0 Å². The minimum absolute atomic E-state index is 0.538. The van der Waals surface area contributed by atoms with Crippen LogP contribution in [0.4, 0.5) is 0 Å². The molecule has 0 saturated carbocycles. The Kier molecular flexibility index (Phi) is 7.36. The zero-order chi connectivity index (χ0) is 35.5. The van der Waals surface area contributed by atoms with Gasteiger partial charge in [0.1, 0.15) is 0 Å². The Hall–Kier alpha value is -6.32. The fourth-order valence-corrected chi connectivity index (χ4v) is 8.81. The molecule has 3 heteroatoms. The minimum atomic E-state index is -0.572. The first-order chi connectivity index (χ1) is 26.1. The quantitative estimate of drug-likeness (QED) is 0.175. The molecule has 0 bridgehead atoms. The highest BCUT2D eigenvalue weighted by Crippen LogP contribution is 2.56. The van der Waals surface area contributed by atoms with E-state index in [4.69, 9.17) is 9.97 Å². The summed E-state index contributed by atoms with van der Waals surface area (Å²) in [4.78, 5) is 10.6. The van der Waals surface area contributed by atoms with Crippen LogP contribution in [0.2, 0.25) is 0 Å². The van der Waals surface area contributed by atoms with Gasteiger partial charge < -0.3 is 4.57 Å². The van der Waals surface area contributed by atoms with Crippen LogP contribution >= 0.6 is 0 Å². The van der Waals surface area contributed by atoms with Crippen molar-refractivity contribution in [2.75, 3.05) is 0 Å². The molecule has 2 aliphatic rings. The van der Waals surface area contributed by atoms with Gasteiger partial charge in [-0.3, -0.25) is 0 Å². The van der Waals surface area contributed by atoms with Crippen LogP contribution in [0.5, 0.6) is 0 Å². The number of rotatable bonds is 6. The zero-order valence-electron chi connectivity index (χ0n) is 30.0. The highest BCUT2D eigenvalue weighted by molar-refractivity contribution is 6.12. The van der Waals surface area contributed by atoms with Crippen LogP contribution < -0.4 is 0 Å². The van der Waals surface area contributed by atoms with Crippen LogP contribution in [0, 0.1) is 12.8 Å². The summed E-state index contributed by atoms with van der Waals surface area (Å²) in [5.41, 5.74) is 14.4. The first-order valence-electron chi connectivity index (χ1n) is 18.8. The lowest BCUT2D eigenvalue weighted by Crippen LogP contribution is -2.36. The fraction of sp³-hybridized carbons (Fsp3) is 0.120. The van der Waals surface area contributed by atoms with Crippen molar-refractivity contribution in [3.63, 3.8) is 0 Å². The SMILES string of the molecule is CCC1C=CC(C2(c3ccc(C)cc3)c3cc(-c4nc(-c5ccccc5)cc(-c5ccccc5)n4)ccc3-n3c4ccccc4c4cccc2c43)=CC1. The van der Waals surface area contributed by atoms with Gasteiger partial charge in [0.25, 0.3) is 0 Å². The molecule has 254 valence electrons. The van der Waals surface area contributed by atoms with Gasteiger partial charge in [-0.25, -0.2) is 9.97 Å². The van der Waals surface area contributed by atoms with Crippen molar-refractivity contribution in [1.82, 2.24) is 14.5 Å². The van der Waals surface area contributed by atoms with E-state index in [9.17, 15) is 0 Å². The third kappa shape index (κ3) is 4.88. The summed E-state index contributed by atoms with van der Waals surface area (Å²) in [6.45, 7) is 4.47. The Morgan fingerprint density at radius 3 is 2.00 bits per heavy atom. The van der Waals surface area contributed by atoms with Crippen molar-refractivity contribution < 1.29 is 0 Å². The minimum Gasteiger partial charge on any atom is -0.309 e. The molecule has 0 fully saturated rings. The summed E-state index contributed by atoms with van der Waals surface area (Å²) >= 11 is 0. The van der Waals surface area contributed by atoms with E-state index < -0.39 is 5.41 Å². The molecular formula is C50H39N3. The van der Waals surface area contributed by atoms with E-state index in [2.05, 4.69) is 188 Å². The third-order valence-corrected chi connectivity index (χ3v) is 11.5. The predicted octanol–water partition coefficient (Wildman–Crippen LogP) is 12.4. The number of aryl methyl sites for hydroxylation is 1. The van der Waals surface area contributed by atoms with Gasteiger partial charge in [0.05, 0.1) is 33.5 Å². The summed E-state index contributed by atoms with van der Waals surface area (Å²) in [5.74, 6) is 1.25. The molecule has 8 aromatic rings. The van der Waals surface area contributed by atoms with E-state index in [0.717, 1.165) is 40.9 Å². The van der Waals surface area contributed by atoms with E-state index in [0.29, 0.717) is 11.7 Å². The molecule has 0 saturated heterocycles. The number of benzene rings is 6. The molecule has 53 heavy (non-hydrogen) atoms. The van der Waals surface area contributed by atoms with Crippen LogP contribution in [-0.2, 0) is 5.41 Å². The molecule has 1 aliphatic carbocycles. The van der Waals surface area contributed by atoms with Gasteiger partial charge in [-0.15, -0.1) is 0 Å². The lowest BCUT2D eigenvalue weighted by atomic mass is 9.61. The van der Waals surface area contributed by atoms with E-state index in [1.807, 2.05) is 0 Å². The standard InChI is InChI=1S/C50H39N3/c1-3-34-23-28-39(29-24-34)50(38-26-21-33(2)22-27-38)42-19-12-18-41-40-17-10-11-20-46(40)53(48(41)42)47-30-25-37(31-43(47)50)49-51-44(35-13-6-4-7-14-35)32-45(52-49)36-15-8-5-9-16-36/h4-23,25-32,34H,3,24H2,1-2H3. The molecule has 3 heterocycles. The molecule has 10 rings (SSSR count). The predicted molar refractivity (Wildman–Crippen MR) is 219 cm³/mol. The molecule has 2 unspecified atom stereocenters. The molecule has 2 atom stereocenters. The van der Waals surface area contributed by atoms with Gasteiger partial charge in [-0.2, -0.15) is 0 Å². The third-order valence-electron chi connectivity index (χ3n) is 11.5. The van der Waals surface area contributed by atoms with E-state index >= 15 is 0 Å². The Balaban J connectivity index is 1.32. The van der Waals surface area contributed by atoms with Crippen molar-refractivity contribution in [2.45, 2.75) is 32.1 Å². The van der Waals surface area contributed by atoms with Gasteiger partial charge in [0, 0.05) is 27.5 Å². The summed E-state index contributed by atoms with van der Waals surface area (Å²) in [6, 6.07) is 55.0. The van der Waals surface area contributed by atoms with Gasteiger partial charge in [-0.05, 0) is 78.3 Å². The summed E-state index contributed by atoms with van der Waals surface area (Å²) < 4.78 is 2.50. The highest BCUT2D eigenvalue weighted by atomic mass is 15.0. The van der Waals surface area contributed by atoms with Gasteiger partial charge in [0.2, 0.25) is 0 Å². The van der Waals surface area contributed by atoms with Crippen LogP contribution in [0.15, 0.2) is 175 Å². The van der Waals surface area contributed by atoms with Crippen molar-refractivity contribution in [1.29, 1.82) is 0 Å². The zero-order valence-corrected chi connectivity index (χ0v) is 30.0. The summed E-state index contributed by atoms with van der Waals surface area (Å²) in [6.07, 6.45) is 9.53. The van der Waals surface area contributed by atoms with Gasteiger partial charge in [0.15, 0.2) is 5.82 Å². The Bertz CT molecular complexity index is 2680. The average molecular weight is 682 g/mol. The molecule has 0 amide bonds. The number of fused-ring (bicyclic) bond motifs is 5. The first-order valence-corrected chi connectivity index (χ1v) is 18.8. The Morgan fingerprint density at radius 2 is 1.32 bits per heavy atom. The van der Waals surface area contributed by atoms with Gasteiger partial charge in [-0.1, -0.05) is 152 Å². The monoisotopic (exact) mass is 681 g/mol. The maximum absolute atomic E-state index is 5.29. The van der Waals surface area contributed by atoms with Crippen LogP contribution in [0.3, 0.4) is 0 Å². The lowest BCUT2D eigenvalue weighted by Gasteiger charge is -2.43. The fourth-order valence-electron chi connectivity index (χ4n) is 8.81. The smallest absolute Gasteiger partial charge is 0.160 e. The van der Waals surface area contributed by atoms with Crippen molar-refractivity contribution in [2.24, 2.45) is 5.92 Å². The highest BCUT2D eigenvalue weighted by Gasteiger charge is 2.46. The second-order valence-electron chi connectivity index (χ2n) is 14.5. The number of hydrogen-bond donors (Lipinski definition) is 0. The molecular weight excluding hydrogens is 643 g/mol. The van der Waals surface area contributed by atoms with Crippen molar-refractivity contribution in [3.8, 4) is 39.6 Å². The molecule has 3 nitrogen and oxygen atoms in total. The second kappa shape index (κ2) is 12.4. The first kappa shape index (κ1) is 31.4. The molecule has 0 N–H and O–H groups in total. The topological polar surface area (TPSA) is 30.7 Å². The Labute approximate surface area is 310 Å². The molecule has 2 aromatic heterocycles. The normalized spacial score (nSPS) is 17.5.